The molecular weight excluding hydrogens is 252 g/mol. The summed E-state index contributed by atoms with van der Waals surface area (Å²) in [6, 6.07) is 5.59. The highest BCUT2D eigenvalue weighted by Gasteiger charge is 2.25. The number of Topliss-reactive ketones (excluding diaryl/α,β-unsaturated/α-hetero) is 1. The molecule has 0 unspecified atom stereocenters. The van der Waals surface area contributed by atoms with Crippen molar-refractivity contribution in [2.45, 2.75) is 33.3 Å². The Hall–Kier alpha value is -1.61. The minimum Gasteiger partial charge on any atom is -0.485 e. The minimum absolute atomic E-state index is 0.0422. The molecule has 2 rings (SSSR count). The van der Waals surface area contributed by atoms with Crippen LogP contribution in [0.25, 0.3) is 0 Å². The summed E-state index contributed by atoms with van der Waals surface area (Å²) >= 11 is 0. The number of carbonyl (C=O) groups is 1. The van der Waals surface area contributed by atoms with Gasteiger partial charge < -0.3 is 9.47 Å². The van der Waals surface area contributed by atoms with Crippen molar-refractivity contribution in [2.75, 3.05) is 13.2 Å². The van der Waals surface area contributed by atoms with Crippen LogP contribution >= 0.6 is 0 Å². The summed E-state index contributed by atoms with van der Waals surface area (Å²) in [6.07, 6.45) is 0.722. The van der Waals surface area contributed by atoms with E-state index in [0.717, 1.165) is 35.5 Å². The summed E-state index contributed by atoms with van der Waals surface area (Å²) < 4.78 is 11.5. The van der Waals surface area contributed by atoms with Crippen LogP contribution in [-0.4, -0.2) is 25.1 Å². The number of ketones is 1. The van der Waals surface area contributed by atoms with Crippen molar-refractivity contribution in [3.63, 3.8) is 0 Å². The first-order valence-electron chi connectivity index (χ1n) is 7.03. The van der Waals surface area contributed by atoms with Crippen LogP contribution in [-0.2, 0) is 11.2 Å². The van der Waals surface area contributed by atoms with Gasteiger partial charge in [0.1, 0.15) is 11.9 Å². The molecule has 0 aliphatic carbocycles. The third kappa shape index (κ3) is 3.48. The third-order valence-corrected chi connectivity index (χ3v) is 3.34. The molecule has 1 aromatic rings. The molecule has 1 aliphatic heterocycles. The number of ether oxygens (including phenoxy) is 2. The Bertz CT molecular complexity index is 517. The van der Waals surface area contributed by atoms with Crippen LogP contribution in [0.3, 0.4) is 0 Å². The van der Waals surface area contributed by atoms with E-state index in [2.05, 4.69) is 20.4 Å². The molecule has 108 valence electrons. The fourth-order valence-corrected chi connectivity index (χ4v) is 2.21. The highest BCUT2D eigenvalue weighted by Crippen LogP contribution is 2.32. The van der Waals surface area contributed by atoms with Gasteiger partial charge in [0.25, 0.3) is 0 Å². The molecule has 0 amide bonds. The summed E-state index contributed by atoms with van der Waals surface area (Å²) in [5.74, 6) is 1.45. The number of rotatable bonds is 6. The van der Waals surface area contributed by atoms with E-state index in [1.54, 1.807) is 6.92 Å². The molecule has 0 saturated heterocycles. The normalized spacial score (nSPS) is 16.9. The highest BCUT2D eigenvalue weighted by atomic mass is 16.5. The van der Waals surface area contributed by atoms with Gasteiger partial charge in [0.2, 0.25) is 0 Å². The van der Waals surface area contributed by atoms with Gasteiger partial charge in [0.15, 0.2) is 5.78 Å². The van der Waals surface area contributed by atoms with Crippen LogP contribution in [0.15, 0.2) is 30.4 Å². The maximum absolute atomic E-state index is 11.4. The zero-order chi connectivity index (χ0) is 14.7. The molecular formula is C17H22O3. The number of fused-ring (bicyclic) bond motifs is 1. The number of benzene rings is 1. The fraction of sp³-hybridized carbons (Fsp3) is 0.471. The van der Waals surface area contributed by atoms with Crippen molar-refractivity contribution in [2.24, 2.45) is 5.92 Å². The van der Waals surface area contributed by atoms with Crippen LogP contribution < -0.4 is 4.74 Å². The monoisotopic (exact) mass is 274 g/mol. The smallest absolute Gasteiger partial charge is 0.159 e. The van der Waals surface area contributed by atoms with E-state index in [-0.39, 0.29) is 11.9 Å². The molecule has 0 fully saturated rings. The molecule has 0 spiro atoms. The third-order valence-electron chi connectivity index (χ3n) is 3.34. The molecule has 1 heterocycles. The Balaban J connectivity index is 1.95. The standard InChI is InChI=1S/C17H22O3/c1-11(2)9-19-10-12(3)17-8-15-7-14(13(4)18)5-6-16(15)20-17/h5-7,11,17H,3,8-10H2,1-2,4H3/t17-/m1/s1. The average molecular weight is 274 g/mol. The molecule has 0 N–H and O–H groups in total. The predicted octanol–water partition coefficient (Wildman–Crippen LogP) is 3.42. The molecule has 1 atom stereocenters. The zero-order valence-corrected chi connectivity index (χ0v) is 12.4. The van der Waals surface area contributed by atoms with Gasteiger partial charge in [-0.25, -0.2) is 0 Å². The lowest BCUT2D eigenvalue weighted by Crippen LogP contribution is -2.20. The van der Waals surface area contributed by atoms with Crippen LogP contribution in [0, 0.1) is 5.92 Å². The Labute approximate surface area is 120 Å². The van der Waals surface area contributed by atoms with Gasteiger partial charge >= 0.3 is 0 Å². The van der Waals surface area contributed by atoms with E-state index >= 15 is 0 Å². The average Bonchev–Trinajstić information content (AvgIpc) is 2.80. The van der Waals surface area contributed by atoms with Crippen molar-refractivity contribution < 1.29 is 14.3 Å². The number of hydrogen-bond donors (Lipinski definition) is 0. The second-order valence-electron chi connectivity index (χ2n) is 5.76. The fourth-order valence-electron chi connectivity index (χ4n) is 2.21. The highest BCUT2D eigenvalue weighted by molar-refractivity contribution is 5.94. The topological polar surface area (TPSA) is 35.5 Å². The van der Waals surface area contributed by atoms with Crippen LogP contribution in [0.2, 0.25) is 0 Å². The molecule has 3 nitrogen and oxygen atoms in total. The van der Waals surface area contributed by atoms with E-state index < -0.39 is 0 Å². The van der Waals surface area contributed by atoms with E-state index in [0.29, 0.717) is 12.5 Å². The van der Waals surface area contributed by atoms with Crippen molar-refractivity contribution in [1.82, 2.24) is 0 Å². The van der Waals surface area contributed by atoms with Gasteiger partial charge in [-0.05, 0) is 42.2 Å². The molecule has 0 aromatic heterocycles. The molecule has 0 saturated carbocycles. The van der Waals surface area contributed by atoms with E-state index in [1.807, 2.05) is 18.2 Å². The van der Waals surface area contributed by atoms with Gasteiger partial charge in [-0.3, -0.25) is 4.79 Å². The first-order chi connectivity index (χ1) is 9.47. The summed E-state index contributed by atoms with van der Waals surface area (Å²) in [5, 5.41) is 0. The Morgan fingerprint density at radius 2 is 2.25 bits per heavy atom. The Morgan fingerprint density at radius 1 is 1.50 bits per heavy atom. The van der Waals surface area contributed by atoms with Gasteiger partial charge in [-0.15, -0.1) is 0 Å². The first kappa shape index (κ1) is 14.8. The molecule has 0 bridgehead atoms. The maximum atomic E-state index is 11.4. The van der Waals surface area contributed by atoms with Crippen molar-refractivity contribution >= 4 is 5.78 Å². The van der Waals surface area contributed by atoms with Gasteiger partial charge in [-0.1, -0.05) is 20.4 Å². The van der Waals surface area contributed by atoms with Gasteiger partial charge in [0, 0.05) is 18.6 Å². The lowest BCUT2D eigenvalue weighted by Gasteiger charge is -2.15. The van der Waals surface area contributed by atoms with Crippen molar-refractivity contribution in [3.8, 4) is 5.75 Å². The molecule has 1 aromatic carbocycles. The van der Waals surface area contributed by atoms with E-state index in [9.17, 15) is 4.79 Å². The lowest BCUT2D eigenvalue weighted by molar-refractivity contribution is 0.101. The second kappa shape index (κ2) is 6.23. The summed E-state index contributed by atoms with van der Waals surface area (Å²) in [6.45, 7) is 11.1. The van der Waals surface area contributed by atoms with Crippen LogP contribution in [0.1, 0.15) is 36.7 Å². The van der Waals surface area contributed by atoms with E-state index in [4.69, 9.17) is 9.47 Å². The van der Waals surface area contributed by atoms with Crippen LogP contribution in [0.4, 0.5) is 0 Å². The molecule has 3 heteroatoms. The van der Waals surface area contributed by atoms with Crippen LogP contribution in [0.5, 0.6) is 5.75 Å². The quantitative estimate of drug-likeness (QED) is 0.589. The largest absolute Gasteiger partial charge is 0.485 e. The molecule has 1 aliphatic rings. The minimum atomic E-state index is -0.0422. The SMILES string of the molecule is C=C(COCC(C)C)[C@H]1Cc2cc(C(C)=O)ccc2O1. The van der Waals surface area contributed by atoms with Gasteiger partial charge in [0.05, 0.1) is 6.61 Å². The number of carbonyl (C=O) groups excluding carboxylic acids is 1. The van der Waals surface area contributed by atoms with Crippen molar-refractivity contribution in [3.05, 3.63) is 41.5 Å². The lowest BCUT2D eigenvalue weighted by atomic mass is 10.0. The summed E-state index contributed by atoms with van der Waals surface area (Å²) in [4.78, 5) is 11.4. The molecule has 0 radical (unpaired) electrons. The predicted molar refractivity (Wildman–Crippen MR) is 79.4 cm³/mol. The molecule has 20 heavy (non-hydrogen) atoms. The maximum Gasteiger partial charge on any atom is 0.159 e. The first-order valence-corrected chi connectivity index (χ1v) is 7.03. The zero-order valence-electron chi connectivity index (χ0n) is 12.4. The van der Waals surface area contributed by atoms with Gasteiger partial charge in [-0.2, -0.15) is 0 Å². The summed E-state index contributed by atoms with van der Waals surface area (Å²) in [7, 11) is 0. The summed E-state index contributed by atoms with van der Waals surface area (Å²) in [5.41, 5.74) is 2.76. The second-order valence-corrected chi connectivity index (χ2v) is 5.76. The Kier molecular flexibility index (Phi) is 4.61. The number of hydrogen-bond acceptors (Lipinski definition) is 3. The van der Waals surface area contributed by atoms with Crippen molar-refractivity contribution in [1.29, 1.82) is 0 Å². The van der Waals surface area contributed by atoms with E-state index in [1.165, 1.54) is 0 Å². The Morgan fingerprint density at radius 3 is 2.90 bits per heavy atom.